The molecule has 0 radical (unpaired) electrons. The molecule has 0 saturated heterocycles. The van der Waals surface area contributed by atoms with Crippen LogP contribution in [-0.4, -0.2) is 26.8 Å². The van der Waals surface area contributed by atoms with Crippen LogP contribution in [0.5, 0.6) is 0 Å². The van der Waals surface area contributed by atoms with Crippen molar-refractivity contribution in [2.75, 3.05) is 0 Å². The van der Waals surface area contributed by atoms with E-state index in [-0.39, 0.29) is 18.7 Å². The minimum Gasteiger partial charge on any atom is -0.481 e. The molecule has 1 amide bonds. The van der Waals surface area contributed by atoms with Crippen LogP contribution in [0.3, 0.4) is 0 Å². The Morgan fingerprint density at radius 2 is 1.86 bits per heavy atom. The van der Waals surface area contributed by atoms with Crippen molar-refractivity contribution < 1.29 is 14.7 Å². The normalized spacial score (nSPS) is 12.1. The molecule has 1 heterocycles. The van der Waals surface area contributed by atoms with Crippen molar-refractivity contribution in [3.63, 3.8) is 0 Å². The van der Waals surface area contributed by atoms with Crippen LogP contribution in [0, 0.1) is 13.8 Å². The predicted molar refractivity (Wildman–Crippen MR) is 108 cm³/mol. The number of aryl methyl sites for hydroxylation is 2. The largest absolute Gasteiger partial charge is 0.481 e. The molecule has 146 valence electrons. The number of nitrogens with one attached hydrogen (secondary N) is 1. The van der Waals surface area contributed by atoms with E-state index in [9.17, 15) is 14.7 Å². The fourth-order valence-electron chi connectivity index (χ4n) is 3.54. The molecular weight excluding hydrogens is 354 g/mol. The molecule has 0 aliphatic heterocycles. The van der Waals surface area contributed by atoms with Gasteiger partial charge in [0.1, 0.15) is 0 Å². The fraction of sp³-hybridized carbons (Fsp3) is 0.318. The summed E-state index contributed by atoms with van der Waals surface area (Å²) in [5, 5.41) is 18.7. The number of rotatable bonds is 7. The summed E-state index contributed by atoms with van der Waals surface area (Å²) in [6.07, 6.45) is 0.709. The molecule has 6 nitrogen and oxygen atoms in total. The molecule has 0 spiro atoms. The van der Waals surface area contributed by atoms with Gasteiger partial charge in [-0.15, -0.1) is 0 Å². The highest BCUT2D eigenvalue weighted by atomic mass is 16.4. The van der Waals surface area contributed by atoms with E-state index < -0.39 is 12.0 Å². The smallest absolute Gasteiger partial charge is 0.305 e. The van der Waals surface area contributed by atoms with Gasteiger partial charge in [0.25, 0.3) is 0 Å². The van der Waals surface area contributed by atoms with Gasteiger partial charge in [-0.1, -0.05) is 36.4 Å². The first-order valence-corrected chi connectivity index (χ1v) is 9.34. The van der Waals surface area contributed by atoms with Crippen molar-refractivity contribution in [2.45, 2.75) is 39.2 Å². The first-order valence-electron chi connectivity index (χ1n) is 9.34. The number of aliphatic carboxylic acids is 1. The lowest BCUT2D eigenvalue weighted by Crippen LogP contribution is -2.30. The second-order valence-electron chi connectivity index (χ2n) is 7.10. The van der Waals surface area contributed by atoms with Crippen molar-refractivity contribution in [1.82, 2.24) is 15.1 Å². The Balaban J connectivity index is 1.74. The Hall–Kier alpha value is -3.15. The summed E-state index contributed by atoms with van der Waals surface area (Å²) in [6.45, 7) is 3.91. The molecule has 6 heteroatoms. The standard InChI is InChI=1S/C22H25N3O3/c1-14-19(15(2)25(3)24-14)10-11-21(26)23-20(13-22(27)28)18-9-8-16-6-4-5-7-17(16)12-18/h4-9,12,20H,10-11,13H2,1-3H3,(H,23,26)(H,27,28)/t20-/m0/s1. The van der Waals surface area contributed by atoms with Gasteiger partial charge in [0.05, 0.1) is 18.2 Å². The molecule has 0 saturated carbocycles. The van der Waals surface area contributed by atoms with E-state index >= 15 is 0 Å². The average Bonchev–Trinajstić information content (AvgIpc) is 2.90. The van der Waals surface area contributed by atoms with E-state index in [1.165, 1.54) is 0 Å². The van der Waals surface area contributed by atoms with E-state index in [1.54, 1.807) is 0 Å². The van der Waals surface area contributed by atoms with Crippen molar-refractivity contribution in [3.05, 3.63) is 65.0 Å². The van der Waals surface area contributed by atoms with Gasteiger partial charge in [-0.3, -0.25) is 14.3 Å². The Kier molecular flexibility index (Phi) is 5.78. The summed E-state index contributed by atoms with van der Waals surface area (Å²) in [7, 11) is 1.88. The summed E-state index contributed by atoms with van der Waals surface area (Å²) in [6, 6.07) is 13.1. The van der Waals surface area contributed by atoms with Crippen molar-refractivity contribution >= 4 is 22.6 Å². The highest BCUT2D eigenvalue weighted by Crippen LogP contribution is 2.23. The molecule has 28 heavy (non-hydrogen) atoms. The van der Waals surface area contributed by atoms with Crippen molar-refractivity contribution in [2.24, 2.45) is 7.05 Å². The average molecular weight is 379 g/mol. The molecule has 1 aromatic heterocycles. The van der Waals surface area contributed by atoms with E-state index in [0.29, 0.717) is 6.42 Å². The van der Waals surface area contributed by atoms with Gasteiger partial charge in [0, 0.05) is 19.2 Å². The van der Waals surface area contributed by atoms with E-state index in [0.717, 1.165) is 33.3 Å². The lowest BCUT2D eigenvalue weighted by Gasteiger charge is -2.18. The maximum Gasteiger partial charge on any atom is 0.305 e. The lowest BCUT2D eigenvalue weighted by atomic mass is 9.99. The van der Waals surface area contributed by atoms with Crippen LogP contribution in [0.2, 0.25) is 0 Å². The number of aromatic nitrogens is 2. The minimum absolute atomic E-state index is 0.158. The van der Waals surface area contributed by atoms with Crippen LogP contribution in [0.4, 0.5) is 0 Å². The SMILES string of the molecule is Cc1nn(C)c(C)c1CCC(=O)N[C@@H](CC(=O)O)c1ccc2ccccc2c1. The third-order valence-corrected chi connectivity index (χ3v) is 5.15. The second kappa shape index (κ2) is 8.25. The Morgan fingerprint density at radius 1 is 1.14 bits per heavy atom. The number of carboxylic acid groups (broad SMARTS) is 1. The third kappa shape index (κ3) is 4.39. The Bertz CT molecular complexity index is 1020. The highest BCUT2D eigenvalue weighted by molar-refractivity contribution is 5.84. The van der Waals surface area contributed by atoms with Crippen LogP contribution in [0.15, 0.2) is 42.5 Å². The minimum atomic E-state index is -0.947. The molecule has 2 aromatic carbocycles. The number of carboxylic acids is 1. The maximum absolute atomic E-state index is 12.5. The zero-order valence-corrected chi connectivity index (χ0v) is 16.4. The number of carbonyl (C=O) groups is 2. The first kappa shape index (κ1) is 19.6. The second-order valence-corrected chi connectivity index (χ2v) is 7.10. The fourth-order valence-corrected chi connectivity index (χ4v) is 3.54. The molecule has 2 N–H and O–H groups in total. The summed E-state index contributed by atoms with van der Waals surface area (Å²) < 4.78 is 1.81. The number of fused-ring (bicyclic) bond motifs is 1. The Morgan fingerprint density at radius 3 is 2.50 bits per heavy atom. The quantitative estimate of drug-likeness (QED) is 0.658. The van der Waals surface area contributed by atoms with Gasteiger partial charge >= 0.3 is 5.97 Å². The van der Waals surface area contributed by atoms with Gasteiger partial charge in [0.15, 0.2) is 0 Å². The van der Waals surface area contributed by atoms with Crippen LogP contribution < -0.4 is 5.32 Å². The topological polar surface area (TPSA) is 84.2 Å². The van der Waals surface area contributed by atoms with Gasteiger partial charge < -0.3 is 10.4 Å². The molecule has 1 atom stereocenters. The summed E-state index contributed by atoms with van der Waals surface area (Å²) in [5.41, 5.74) is 3.83. The van der Waals surface area contributed by atoms with Crippen LogP contribution in [0.1, 0.15) is 41.4 Å². The van der Waals surface area contributed by atoms with Crippen LogP contribution >= 0.6 is 0 Å². The number of hydrogen-bond acceptors (Lipinski definition) is 3. The third-order valence-electron chi connectivity index (χ3n) is 5.15. The van der Waals surface area contributed by atoms with E-state index in [4.69, 9.17) is 0 Å². The monoisotopic (exact) mass is 379 g/mol. The van der Waals surface area contributed by atoms with Crippen molar-refractivity contribution in [1.29, 1.82) is 0 Å². The van der Waals surface area contributed by atoms with Gasteiger partial charge in [-0.05, 0) is 48.2 Å². The molecule has 0 aliphatic carbocycles. The Labute approximate surface area is 164 Å². The zero-order chi connectivity index (χ0) is 20.3. The lowest BCUT2D eigenvalue weighted by molar-refractivity contribution is -0.137. The van der Waals surface area contributed by atoms with Crippen LogP contribution in [0.25, 0.3) is 10.8 Å². The number of carbonyl (C=O) groups excluding carboxylic acids is 1. The number of hydrogen-bond donors (Lipinski definition) is 2. The predicted octanol–water partition coefficient (Wildman–Crippen LogP) is 3.45. The van der Waals surface area contributed by atoms with Gasteiger partial charge in [0.2, 0.25) is 5.91 Å². The summed E-state index contributed by atoms with van der Waals surface area (Å²) in [4.78, 5) is 23.9. The number of amides is 1. The summed E-state index contributed by atoms with van der Waals surface area (Å²) >= 11 is 0. The molecule has 0 aliphatic rings. The van der Waals surface area contributed by atoms with Crippen LogP contribution in [-0.2, 0) is 23.1 Å². The van der Waals surface area contributed by atoms with Gasteiger partial charge in [-0.25, -0.2) is 0 Å². The summed E-state index contributed by atoms with van der Waals surface area (Å²) in [5.74, 6) is -1.11. The maximum atomic E-state index is 12.5. The molecule has 3 rings (SSSR count). The molecule has 0 fully saturated rings. The molecule has 0 unspecified atom stereocenters. The number of benzene rings is 2. The molecular formula is C22H25N3O3. The van der Waals surface area contributed by atoms with Crippen molar-refractivity contribution in [3.8, 4) is 0 Å². The highest BCUT2D eigenvalue weighted by Gasteiger charge is 2.19. The van der Waals surface area contributed by atoms with E-state index in [2.05, 4.69) is 10.4 Å². The number of nitrogens with zero attached hydrogens (tertiary/aromatic N) is 2. The zero-order valence-electron chi connectivity index (χ0n) is 16.4. The molecule has 3 aromatic rings. The van der Waals surface area contributed by atoms with E-state index in [1.807, 2.05) is 68.0 Å². The first-order chi connectivity index (χ1) is 13.3. The van der Waals surface area contributed by atoms with Gasteiger partial charge in [-0.2, -0.15) is 5.10 Å². The molecule has 0 bridgehead atoms.